The standard InChI is InChI=1S/C13H18ClNO4/c1-19-7-6-15-11(8-12(16)17)13(18)9-2-4-10(14)5-3-9/h2-5,11,13,15,18H,6-8H2,1H3,(H,16,17). The SMILES string of the molecule is COCCNC(CC(=O)O)C(O)c1ccc(Cl)cc1. The molecule has 0 saturated heterocycles. The number of aliphatic hydroxyl groups excluding tert-OH is 1. The van der Waals surface area contributed by atoms with Crippen LogP contribution in [0.2, 0.25) is 5.02 Å². The first-order chi connectivity index (χ1) is 9.04. The van der Waals surface area contributed by atoms with Gasteiger partial charge in [-0.25, -0.2) is 0 Å². The number of nitrogens with one attached hydrogen (secondary N) is 1. The van der Waals surface area contributed by atoms with Gasteiger partial charge in [0.1, 0.15) is 0 Å². The molecular formula is C13H18ClNO4. The average Bonchev–Trinajstić information content (AvgIpc) is 2.37. The number of rotatable bonds is 8. The quantitative estimate of drug-likeness (QED) is 0.631. The van der Waals surface area contributed by atoms with Crippen LogP contribution in [0.1, 0.15) is 18.1 Å². The van der Waals surface area contributed by atoms with E-state index in [1.54, 1.807) is 31.4 Å². The molecule has 0 aliphatic heterocycles. The van der Waals surface area contributed by atoms with Crippen molar-refractivity contribution in [1.82, 2.24) is 5.32 Å². The molecule has 0 heterocycles. The third-order valence-electron chi connectivity index (χ3n) is 2.70. The first-order valence-electron chi connectivity index (χ1n) is 5.92. The van der Waals surface area contributed by atoms with Gasteiger partial charge in [-0.2, -0.15) is 0 Å². The lowest BCUT2D eigenvalue weighted by molar-refractivity contribution is -0.138. The highest BCUT2D eigenvalue weighted by Crippen LogP contribution is 2.21. The number of aliphatic hydroxyl groups is 1. The molecule has 2 unspecified atom stereocenters. The van der Waals surface area contributed by atoms with E-state index < -0.39 is 18.1 Å². The van der Waals surface area contributed by atoms with E-state index in [4.69, 9.17) is 21.4 Å². The molecule has 19 heavy (non-hydrogen) atoms. The number of aliphatic carboxylic acids is 1. The van der Waals surface area contributed by atoms with E-state index in [-0.39, 0.29) is 6.42 Å². The molecule has 0 aliphatic rings. The van der Waals surface area contributed by atoms with E-state index in [9.17, 15) is 9.90 Å². The van der Waals surface area contributed by atoms with E-state index in [1.165, 1.54) is 0 Å². The average molecular weight is 288 g/mol. The topological polar surface area (TPSA) is 78.8 Å². The Kier molecular flexibility index (Phi) is 6.80. The summed E-state index contributed by atoms with van der Waals surface area (Å²) in [6, 6.07) is 6.11. The zero-order valence-electron chi connectivity index (χ0n) is 10.7. The maximum atomic E-state index is 10.8. The summed E-state index contributed by atoms with van der Waals surface area (Å²) in [5.41, 5.74) is 0.626. The first-order valence-corrected chi connectivity index (χ1v) is 6.30. The van der Waals surface area contributed by atoms with Crippen LogP contribution in [0.25, 0.3) is 0 Å². The molecule has 0 aromatic heterocycles. The largest absolute Gasteiger partial charge is 0.481 e. The lowest BCUT2D eigenvalue weighted by atomic mass is 10.00. The van der Waals surface area contributed by atoms with Crippen molar-refractivity contribution in [2.75, 3.05) is 20.3 Å². The zero-order chi connectivity index (χ0) is 14.3. The normalized spacial score (nSPS) is 14.1. The summed E-state index contributed by atoms with van der Waals surface area (Å²) in [5, 5.41) is 22.6. The van der Waals surface area contributed by atoms with Gasteiger partial charge in [0.05, 0.1) is 19.1 Å². The minimum absolute atomic E-state index is 0.173. The maximum absolute atomic E-state index is 10.8. The molecule has 2 atom stereocenters. The summed E-state index contributed by atoms with van der Waals surface area (Å²) >= 11 is 5.77. The fourth-order valence-electron chi connectivity index (χ4n) is 1.72. The van der Waals surface area contributed by atoms with Crippen LogP contribution in [-0.2, 0) is 9.53 Å². The summed E-state index contributed by atoms with van der Waals surface area (Å²) in [5.74, 6) is -0.970. The molecule has 106 valence electrons. The summed E-state index contributed by atoms with van der Waals surface area (Å²) in [6.45, 7) is 0.919. The van der Waals surface area contributed by atoms with Crippen molar-refractivity contribution in [2.24, 2.45) is 0 Å². The molecule has 0 aliphatic carbocycles. The second-order valence-corrected chi connectivity index (χ2v) is 4.58. The highest BCUT2D eigenvalue weighted by Gasteiger charge is 2.23. The van der Waals surface area contributed by atoms with Gasteiger partial charge in [-0.3, -0.25) is 4.79 Å². The molecule has 0 amide bonds. The van der Waals surface area contributed by atoms with Crippen LogP contribution in [0.4, 0.5) is 0 Å². The Balaban J connectivity index is 2.71. The van der Waals surface area contributed by atoms with Crippen molar-refractivity contribution in [3.63, 3.8) is 0 Å². The zero-order valence-corrected chi connectivity index (χ0v) is 11.4. The van der Waals surface area contributed by atoms with Crippen LogP contribution in [0, 0.1) is 0 Å². The molecule has 0 spiro atoms. The van der Waals surface area contributed by atoms with Gasteiger partial charge in [-0.15, -0.1) is 0 Å². The van der Waals surface area contributed by atoms with Gasteiger partial charge in [0.2, 0.25) is 0 Å². The van der Waals surface area contributed by atoms with Crippen molar-refractivity contribution >= 4 is 17.6 Å². The Hall–Kier alpha value is -1.14. The highest BCUT2D eigenvalue weighted by molar-refractivity contribution is 6.30. The minimum Gasteiger partial charge on any atom is -0.481 e. The second-order valence-electron chi connectivity index (χ2n) is 4.15. The van der Waals surface area contributed by atoms with Gasteiger partial charge in [-0.1, -0.05) is 23.7 Å². The Morgan fingerprint density at radius 2 is 2.05 bits per heavy atom. The molecule has 1 rings (SSSR count). The Morgan fingerprint density at radius 3 is 2.58 bits per heavy atom. The number of carbonyl (C=O) groups is 1. The Labute approximate surface area is 117 Å². The lowest BCUT2D eigenvalue weighted by Crippen LogP contribution is -2.38. The summed E-state index contributed by atoms with van der Waals surface area (Å²) < 4.78 is 4.89. The minimum atomic E-state index is -0.970. The van der Waals surface area contributed by atoms with Gasteiger partial charge in [0, 0.05) is 24.7 Å². The third-order valence-corrected chi connectivity index (χ3v) is 2.95. The number of halogens is 1. The fourth-order valence-corrected chi connectivity index (χ4v) is 1.85. The molecule has 1 aromatic rings. The third kappa shape index (κ3) is 5.57. The van der Waals surface area contributed by atoms with Crippen molar-refractivity contribution in [1.29, 1.82) is 0 Å². The van der Waals surface area contributed by atoms with Gasteiger partial charge in [0.25, 0.3) is 0 Å². The van der Waals surface area contributed by atoms with Crippen molar-refractivity contribution < 1.29 is 19.7 Å². The van der Waals surface area contributed by atoms with Crippen LogP contribution in [0.3, 0.4) is 0 Å². The van der Waals surface area contributed by atoms with Gasteiger partial charge < -0.3 is 20.3 Å². The molecule has 0 saturated carbocycles. The predicted molar refractivity (Wildman–Crippen MR) is 72.3 cm³/mol. The molecular weight excluding hydrogens is 270 g/mol. The number of hydrogen-bond acceptors (Lipinski definition) is 4. The highest BCUT2D eigenvalue weighted by atomic mass is 35.5. The molecule has 6 heteroatoms. The van der Waals surface area contributed by atoms with Crippen LogP contribution < -0.4 is 5.32 Å². The summed E-state index contributed by atoms with van der Waals surface area (Å²) in [4.78, 5) is 10.8. The van der Waals surface area contributed by atoms with E-state index in [0.717, 1.165) is 0 Å². The molecule has 0 bridgehead atoms. The van der Waals surface area contributed by atoms with Crippen LogP contribution >= 0.6 is 11.6 Å². The smallest absolute Gasteiger partial charge is 0.305 e. The Bertz CT molecular complexity index is 396. The van der Waals surface area contributed by atoms with Gasteiger partial charge in [0.15, 0.2) is 0 Å². The van der Waals surface area contributed by atoms with E-state index in [0.29, 0.717) is 23.7 Å². The lowest BCUT2D eigenvalue weighted by Gasteiger charge is -2.23. The number of methoxy groups -OCH3 is 1. The van der Waals surface area contributed by atoms with E-state index in [1.807, 2.05) is 0 Å². The van der Waals surface area contributed by atoms with Gasteiger partial charge in [-0.05, 0) is 17.7 Å². The molecule has 0 radical (unpaired) electrons. The maximum Gasteiger partial charge on any atom is 0.305 e. The number of benzene rings is 1. The summed E-state index contributed by atoms with van der Waals surface area (Å²) in [6.07, 6.45) is -1.08. The van der Waals surface area contributed by atoms with Crippen LogP contribution in [0.15, 0.2) is 24.3 Å². The van der Waals surface area contributed by atoms with Crippen LogP contribution in [-0.4, -0.2) is 42.5 Å². The van der Waals surface area contributed by atoms with E-state index >= 15 is 0 Å². The van der Waals surface area contributed by atoms with Crippen molar-refractivity contribution in [3.8, 4) is 0 Å². The number of ether oxygens (including phenoxy) is 1. The number of hydrogen-bond donors (Lipinski definition) is 3. The number of carboxylic acid groups (broad SMARTS) is 1. The summed E-state index contributed by atoms with van der Waals surface area (Å²) in [7, 11) is 1.56. The molecule has 5 nitrogen and oxygen atoms in total. The van der Waals surface area contributed by atoms with Gasteiger partial charge >= 0.3 is 5.97 Å². The monoisotopic (exact) mass is 287 g/mol. The fraction of sp³-hybridized carbons (Fsp3) is 0.462. The van der Waals surface area contributed by atoms with Crippen molar-refractivity contribution in [3.05, 3.63) is 34.9 Å². The Morgan fingerprint density at radius 1 is 1.42 bits per heavy atom. The first kappa shape index (κ1) is 15.9. The molecule has 1 aromatic carbocycles. The van der Waals surface area contributed by atoms with Crippen LogP contribution in [0.5, 0.6) is 0 Å². The van der Waals surface area contributed by atoms with Crippen molar-refractivity contribution in [2.45, 2.75) is 18.6 Å². The number of carboxylic acids is 1. The molecule has 0 fully saturated rings. The predicted octanol–water partition coefficient (Wildman–Crippen LogP) is 1.45. The second kappa shape index (κ2) is 8.12. The molecule has 3 N–H and O–H groups in total. The van der Waals surface area contributed by atoms with E-state index in [2.05, 4.69) is 5.32 Å².